The molecule has 2 heterocycles. The fraction of sp³-hybridized carbons (Fsp3) is 0.478. The van der Waals surface area contributed by atoms with E-state index < -0.39 is 0 Å². The molecular formula is C23H29N3O2S. The van der Waals surface area contributed by atoms with E-state index in [1.165, 1.54) is 10.4 Å². The summed E-state index contributed by atoms with van der Waals surface area (Å²) >= 11 is 1.70. The van der Waals surface area contributed by atoms with Crippen LogP contribution in [0.25, 0.3) is 10.2 Å². The number of thiophene rings is 1. The molecule has 0 saturated heterocycles. The molecule has 4 rings (SSSR count). The Morgan fingerprint density at radius 3 is 2.76 bits per heavy atom. The normalized spacial score (nSPS) is 16.9. The van der Waals surface area contributed by atoms with Gasteiger partial charge in [-0.15, -0.1) is 11.3 Å². The average molecular weight is 412 g/mol. The van der Waals surface area contributed by atoms with Crippen LogP contribution in [-0.2, 0) is 25.8 Å². The number of hydrogen-bond acceptors (Lipinski definition) is 5. The molecule has 154 valence electrons. The van der Waals surface area contributed by atoms with Crippen LogP contribution in [0.5, 0.6) is 5.75 Å². The van der Waals surface area contributed by atoms with E-state index in [0.717, 1.165) is 48.0 Å². The van der Waals surface area contributed by atoms with Crippen LogP contribution in [0, 0.1) is 11.3 Å². The molecule has 0 unspecified atom stereocenters. The molecule has 6 heteroatoms. The first-order chi connectivity index (χ1) is 13.8. The lowest BCUT2D eigenvalue weighted by Gasteiger charge is -2.33. The zero-order valence-corrected chi connectivity index (χ0v) is 18.2. The second-order valence-electron chi connectivity index (χ2n) is 9.10. The van der Waals surface area contributed by atoms with Crippen molar-refractivity contribution in [1.82, 2.24) is 15.3 Å². The van der Waals surface area contributed by atoms with Gasteiger partial charge in [0.2, 0.25) is 0 Å². The molecule has 0 amide bonds. The highest BCUT2D eigenvalue weighted by atomic mass is 32.1. The number of hydrogen-bond donors (Lipinski definition) is 3. The summed E-state index contributed by atoms with van der Waals surface area (Å²) in [4.78, 5) is 22.7. The van der Waals surface area contributed by atoms with Gasteiger partial charge in [-0.3, -0.25) is 4.79 Å². The molecule has 5 nitrogen and oxygen atoms in total. The number of phenols is 1. The molecule has 1 atom stereocenters. The summed E-state index contributed by atoms with van der Waals surface area (Å²) in [5, 5.41) is 13.5. The Balaban J connectivity index is 1.45. The summed E-state index contributed by atoms with van der Waals surface area (Å²) in [6, 6.07) is 7.24. The average Bonchev–Trinajstić information content (AvgIpc) is 3.04. The molecule has 29 heavy (non-hydrogen) atoms. The van der Waals surface area contributed by atoms with Gasteiger partial charge in [0, 0.05) is 4.88 Å². The number of aromatic hydroxyl groups is 1. The number of nitrogens with zero attached hydrogens (tertiary/aromatic N) is 1. The maximum Gasteiger partial charge on any atom is 0.259 e. The van der Waals surface area contributed by atoms with Gasteiger partial charge in [-0.2, -0.15) is 0 Å². The fourth-order valence-electron chi connectivity index (χ4n) is 4.15. The van der Waals surface area contributed by atoms with Crippen LogP contribution in [0.2, 0.25) is 0 Å². The predicted octanol–water partition coefficient (Wildman–Crippen LogP) is 4.17. The molecule has 0 radical (unpaired) electrons. The lowest BCUT2D eigenvalue weighted by Crippen LogP contribution is -2.26. The molecule has 0 saturated carbocycles. The number of aromatic nitrogens is 2. The van der Waals surface area contributed by atoms with Gasteiger partial charge in [0.1, 0.15) is 16.4 Å². The number of H-pyrrole nitrogens is 1. The highest BCUT2D eigenvalue weighted by molar-refractivity contribution is 7.18. The van der Waals surface area contributed by atoms with E-state index in [1.54, 1.807) is 23.5 Å². The maximum atomic E-state index is 12.8. The smallest absolute Gasteiger partial charge is 0.259 e. The van der Waals surface area contributed by atoms with Gasteiger partial charge in [-0.1, -0.05) is 32.9 Å². The zero-order chi connectivity index (χ0) is 20.6. The number of nitrogens with one attached hydrogen (secondary N) is 2. The SMILES string of the molecule is CC(C)(C)[C@H]1CCc2c(sc3nc(CNCCc4ccc(O)cc4)[nH]c(=O)c23)C1. The molecule has 0 fully saturated rings. The van der Waals surface area contributed by atoms with Crippen molar-refractivity contribution in [3.63, 3.8) is 0 Å². The maximum absolute atomic E-state index is 12.8. The number of aryl methyl sites for hydroxylation is 1. The molecule has 2 aromatic heterocycles. The Morgan fingerprint density at radius 1 is 1.28 bits per heavy atom. The van der Waals surface area contributed by atoms with Gasteiger partial charge in [-0.25, -0.2) is 4.98 Å². The summed E-state index contributed by atoms with van der Waals surface area (Å²) in [6.45, 7) is 8.24. The minimum atomic E-state index is -0.00274. The third kappa shape index (κ3) is 4.38. The van der Waals surface area contributed by atoms with Crippen LogP contribution in [0.1, 0.15) is 49.0 Å². The predicted molar refractivity (Wildman–Crippen MR) is 119 cm³/mol. The lowest BCUT2D eigenvalue weighted by atomic mass is 9.72. The van der Waals surface area contributed by atoms with E-state index in [-0.39, 0.29) is 11.3 Å². The summed E-state index contributed by atoms with van der Waals surface area (Å²) in [6.07, 6.45) is 4.03. The van der Waals surface area contributed by atoms with Gasteiger partial charge < -0.3 is 15.4 Å². The van der Waals surface area contributed by atoms with Gasteiger partial charge in [0.25, 0.3) is 5.56 Å². The third-order valence-corrected chi connectivity index (χ3v) is 7.16. The van der Waals surface area contributed by atoms with E-state index in [4.69, 9.17) is 4.98 Å². The van der Waals surface area contributed by atoms with E-state index in [2.05, 4.69) is 31.1 Å². The molecule has 1 aromatic carbocycles. The summed E-state index contributed by atoms with van der Waals surface area (Å²) in [5.41, 5.74) is 2.68. The highest BCUT2D eigenvalue weighted by Crippen LogP contribution is 2.41. The summed E-state index contributed by atoms with van der Waals surface area (Å²) in [5.74, 6) is 1.63. The quantitative estimate of drug-likeness (QED) is 0.551. The van der Waals surface area contributed by atoms with Crippen molar-refractivity contribution in [2.45, 2.75) is 53.0 Å². The van der Waals surface area contributed by atoms with E-state index in [1.807, 2.05) is 12.1 Å². The highest BCUT2D eigenvalue weighted by Gasteiger charge is 2.31. The molecule has 1 aliphatic rings. The van der Waals surface area contributed by atoms with Crippen LogP contribution in [0.4, 0.5) is 0 Å². The topological polar surface area (TPSA) is 78.0 Å². The summed E-state index contributed by atoms with van der Waals surface area (Å²) in [7, 11) is 0. The first kappa shape index (κ1) is 20.1. The Hall–Kier alpha value is -2.18. The number of benzene rings is 1. The molecule has 0 spiro atoms. The van der Waals surface area contributed by atoms with Crippen molar-refractivity contribution in [1.29, 1.82) is 0 Å². The Bertz CT molecular complexity index is 1060. The van der Waals surface area contributed by atoms with Crippen LogP contribution in [0.3, 0.4) is 0 Å². The Labute approximate surface area is 175 Å². The molecule has 0 bridgehead atoms. The fourth-order valence-corrected chi connectivity index (χ4v) is 5.47. The number of rotatable bonds is 5. The van der Waals surface area contributed by atoms with E-state index in [0.29, 0.717) is 23.7 Å². The van der Waals surface area contributed by atoms with Crippen LogP contribution < -0.4 is 10.9 Å². The second kappa shape index (κ2) is 7.92. The summed E-state index contributed by atoms with van der Waals surface area (Å²) < 4.78 is 0. The molecular weight excluding hydrogens is 382 g/mol. The number of fused-ring (bicyclic) bond motifs is 3. The van der Waals surface area contributed by atoms with Crippen molar-refractivity contribution in [3.8, 4) is 5.75 Å². The number of aromatic amines is 1. The van der Waals surface area contributed by atoms with Gasteiger partial charge in [0.15, 0.2) is 0 Å². The van der Waals surface area contributed by atoms with Crippen molar-refractivity contribution in [2.24, 2.45) is 11.3 Å². The van der Waals surface area contributed by atoms with Crippen LogP contribution in [0.15, 0.2) is 29.1 Å². The third-order valence-electron chi connectivity index (χ3n) is 6.01. The van der Waals surface area contributed by atoms with E-state index in [9.17, 15) is 9.90 Å². The van der Waals surface area contributed by atoms with Gasteiger partial charge in [-0.05, 0) is 66.8 Å². The van der Waals surface area contributed by atoms with Crippen molar-refractivity contribution in [3.05, 3.63) is 56.4 Å². The van der Waals surface area contributed by atoms with Crippen molar-refractivity contribution in [2.75, 3.05) is 6.54 Å². The van der Waals surface area contributed by atoms with Gasteiger partial charge in [0.05, 0.1) is 11.9 Å². The second-order valence-corrected chi connectivity index (χ2v) is 10.2. The zero-order valence-electron chi connectivity index (χ0n) is 17.3. The first-order valence-electron chi connectivity index (χ1n) is 10.3. The number of phenolic OH excluding ortho intramolecular Hbond substituents is 1. The van der Waals surface area contributed by atoms with Crippen molar-refractivity contribution < 1.29 is 5.11 Å². The standard InChI is InChI=1S/C23H29N3O2S/c1-23(2,3)15-6-9-17-18(12-15)29-22-20(17)21(28)25-19(26-22)13-24-11-10-14-4-7-16(27)8-5-14/h4-5,7-8,15,24,27H,6,9-13H2,1-3H3,(H,25,26,28)/t15-/m0/s1. The molecule has 3 aromatic rings. The van der Waals surface area contributed by atoms with Gasteiger partial charge >= 0.3 is 0 Å². The van der Waals surface area contributed by atoms with Crippen molar-refractivity contribution >= 4 is 21.6 Å². The molecule has 0 aliphatic heterocycles. The first-order valence-corrected chi connectivity index (χ1v) is 11.1. The monoisotopic (exact) mass is 411 g/mol. The minimum Gasteiger partial charge on any atom is -0.508 e. The minimum absolute atomic E-state index is 0.00274. The van der Waals surface area contributed by atoms with E-state index >= 15 is 0 Å². The Kier molecular flexibility index (Phi) is 5.49. The lowest BCUT2D eigenvalue weighted by molar-refractivity contribution is 0.218. The van der Waals surface area contributed by atoms with Crippen LogP contribution in [-0.4, -0.2) is 21.6 Å². The van der Waals surface area contributed by atoms with Crippen LogP contribution >= 0.6 is 11.3 Å². The molecule has 3 N–H and O–H groups in total. The Morgan fingerprint density at radius 2 is 2.03 bits per heavy atom. The molecule has 1 aliphatic carbocycles. The largest absolute Gasteiger partial charge is 0.508 e.